The summed E-state index contributed by atoms with van der Waals surface area (Å²) < 4.78 is 31.2. The minimum Gasteiger partial charge on any atom is -0.207 e. The summed E-state index contributed by atoms with van der Waals surface area (Å²) in [6.07, 6.45) is 0. The second kappa shape index (κ2) is 5.80. The summed E-state index contributed by atoms with van der Waals surface area (Å²) in [6.45, 7) is 0. The molecule has 0 heterocycles. The van der Waals surface area contributed by atoms with E-state index in [-0.39, 0.29) is 5.82 Å². The van der Waals surface area contributed by atoms with Crippen LogP contribution in [0.25, 0.3) is 0 Å². The highest BCUT2D eigenvalue weighted by molar-refractivity contribution is 9.10. The van der Waals surface area contributed by atoms with Gasteiger partial charge in [-0.2, -0.15) is 8.42 Å². The van der Waals surface area contributed by atoms with Crippen molar-refractivity contribution in [1.29, 1.82) is 0 Å². The van der Waals surface area contributed by atoms with Gasteiger partial charge in [0, 0.05) is 25.8 Å². The van der Waals surface area contributed by atoms with Crippen LogP contribution in [0.4, 0.5) is 4.39 Å². The number of hydrogen-bond acceptors (Lipinski definition) is 2. The Kier molecular flexibility index (Phi) is 5.87. The molecule has 0 fully saturated rings. The lowest BCUT2D eigenvalue weighted by atomic mass is 10.4. The monoisotopic (exact) mass is 308 g/mol. The van der Waals surface area contributed by atoms with Crippen LogP contribution >= 0.6 is 37.3 Å². The van der Waals surface area contributed by atoms with E-state index < -0.39 is 8.26 Å². The lowest BCUT2D eigenvalue weighted by Crippen LogP contribution is -1.68. The van der Waals surface area contributed by atoms with Crippen LogP contribution in [0.15, 0.2) is 28.7 Å². The third-order valence-corrected chi connectivity index (χ3v) is 1.28. The van der Waals surface area contributed by atoms with Gasteiger partial charge in [0.05, 0.1) is 0 Å². The number of halogens is 4. The highest BCUT2D eigenvalue weighted by Crippen LogP contribution is 2.09. The van der Waals surface area contributed by atoms with Gasteiger partial charge in [0.25, 0.3) is 0 Å². The van der Waals surface area contributed by atoms with Crippen molar-refractivity contribution in [3.63, 3.8) is 0 Å². The Morgan fingerprint density at radius 3 is 2.00 bits per heavy atom. The molecule has 0 aliphatic carbocycles. The molecule has 0 aliphatic heterocycles. The lowest BCUT2D eigenvalue weighted by molar-refractivity contribution is 0.621. The van der Waals surface area contributed by atoms with Crippen LogP contribution in [0.1, 0.15) is 0 Å². The zero-order valence-corrected chi connectivity index (χ0v) is 9.96. The normalized spacial score (nSPS) is 10.2. The Morgan fingerprint density at radius 2 is 1.77 bits per heavy atom. The van der Waals surface area contributed by atoms with E-state index in [1.54, 1.807) is 12.1 Å². The largest absolute Gasteiger partial charge is 0.317 e. The van der Waals surface area contributed by atoms with Gasteiger partial charge < -0.3 is 0 Å². The topological polar surface area (TPSA) is 34.1 Å². The first kappa shape index (κ1) is 13.2. The fourth-order valence-corrected chi connectivity index (χ4v) is 0.831. The van der Waals surface area contributed by atoms with E-state index in [9.17, 15) is 4.39 Å². The van der Waals surface area contributed by atoms with Crippen LogP contribution in [0.3, 0.4) is 0 Å². The molecule has 0 unspecified atom stereocenters. The quantitative estimate of drug-likeness (QED) is 0.689. The maximum absolute atomic E-state index is 12.1. The fourth-order valence-electron chi connectivity index (χ4n) is 0.460. The van der Waals surface area contributed by atoms with Crippen molar-refractivity contribution < 1.29 is 12.8 Å². The van der Waals surface area contributed by atoms with Crippen LogP contribution in [0.2, 0.25) is 0 Å². The van der Waals surface area contributed by atoms with Gasteiger partial charge in [-0.25, -0.2) is 4.39 Å². The Hall–Kier alpha value is 0.160. The van der Waals surface area contributed by atoms with Gasteiger partial charge in [0.15, 0.2) is 0 Å². The number of rotatable bonds is 0. The van der Waals surface area contributed by atoms with Gasteiger partial charge in [0.2, 0.25) is 0 Å². The lowest BCUT2D eigenvalue weighted by Gasteiger charge is -1.85. The average Bonchev–Trinajstić information content (AvgIpc) is 1.81. The Bertz CT molecular complexity index is 343. The molecule has 0 atom stereocenters. The van der Waals surface area contributed by atoms with Crippen molar-refractivity contribution in [2.24, 2.45) is 0 Å². The van der Waals surface area contributed by atoms with Crippen LogP contribution in [-0.4, -0.2) is 8.42 Å². The Balaban J connectivity index is 0.000000252. The zero-order chi connectivity index (χ0) is 10.5. The van der Waals surface area contributed by atoms with Crippen LogP contribution in [-0.2, 0) is 8.26 Å². The third-order valence-electron chi connectivity index (χ3n) is 0.787. The van der Waals surface area contributed by atoms with Gasteiger partial charge in [-0.15, -0.1) is 0 Å². The van der Waals surface area contributed by atoms with Crippen molar-refractivity contribution in [3.8, 4) is 0 Å². The molecule has 0 spiro atoms. The number of benzene rings is 1. The molecular formula is C6H4BrCl2FO2S. The molecule has 2 nitrogen and oxygen atoms in total. The van der Waals surface area contributed by atoms with E-state index in [1.807, 2.05) is 0 Å². The fraction of sp³-hybridized carbons (Fsp3) is 0. The summed E-state index contributed by atoms with van der Waals surface area (Å²) in [5.41, 5.74) is 0. The Labute approximate surface area is 92.7 Å². The second-order valence-corrected chi connectivity index (χ2v) is 6.40. The molecule has 1 aromatic rings. The molecule has 13 heavy (non-hydrogen) atoms. The standard InChI is InChI=1S/C6H4BrF.Cl2O2S/c7-5-2-1-3-6(8)4-5;1-5(2,3)4/h1-4H;. The summed E-state index contributed by atoms with van der Waals surface area (Å²) >= 11 is 3.12. The highest BCUT2D eigenvalue weighted by atomic mass is 79.9. The minimum atomic E-state index is -3.72. The van der Waals surface area contributed by atoms with Crippen molar-refractivity contribution in [3.05, 3.63) is 34.6 Å². The molecule has 0 amide bonds. The van der Waals surface area contributed by atoms with E-state index in [2.05, 4.69) is 37.3 Å². The first-order chi connectivity index (χ1) is 5.79. The summed E-state index contributed by atoms with van der Waals surface area (Å²) in [6, 6.07) is 6.26. The first-order valence-electron chi connectivity index (χ1n) is 2.84. The predicted molar refractivity (Wildman–Crippen MR) is 54.7 cm³/mol. The van der Waals surface area contributed by atoms with Crippen molar-refractivity contribution in [2.75, 3.05) is 0 Å². The molecular weight excluding hydrogens is 306 g/mol. The molecule has 74 valence electrons. The maximum atomic E-state index is 12.1. The molecule has 0 saturated heterocycles. The zero-order valence-electron chi connectivity index (χ0n) is 6.05. The average molecular weight is 310 g/mol. The first-order valence-corrected chi connectivity index (χ1v) is 6.77. The second-order valence-electron chi connectivity index (χ2n) is 1.82. The van der Waals surface area contributed by atoms with E-state index in [4.69, 9.17) is 8.42 Å². The Morgan fingerprint density at radius 1 is 1.31 bits per heavy atom. The van der Waals surface area contributed by atoms with Crippen LogP contribution in [0, 0.1) is 5.82 Å². The van der Waals surface area contributed by atoms with E-state index in [1.165, 1.54) is 12.1 Å². The molecule has 1 rings (SSSR count). The van der Waals surface area contributed by atoms with E-state index in [0.29, 0.717) is 0 Å². The smallest absolute Gasteiger partial charge is 0.207 e. The predicted octanol–water partition coefficient (Wildman–Crippen LogP) is 3.30. The maximum Gasteiger partial charge on any atom is 0.317 e. The molecule has 0 aliphatic rings. The summed E-state index contributed by atoms with van der Waals surface area (Å²) in [7, 11) is 4.81. The van der Waals surface area contributed by atoms with Crippen LogP contribution < -0.4 is 0 Å². The molecule has 0 bridgehead atoms. The van der Waals surface area contributed by atoms with Crippen molar-refractivity contribution in [2.45, 2.75) is 0 Å². The molecule has 0 saturated carbocycles. The summed E-state index contributed by atoms with van der Waals surface area (Å²) in [5.74, 6) is -0.209. The molecule has 0 N–H and O–H groups in total. The highest BCUT2D eigenvalue weighted by Gasteiger charge is 1.88. The van der Waals surface area contributed by atoms with Gasteiger partial charge in [-0.1, -0.05) is 22.0 Å². The van der Waals surface area contributed by atoms with Crippen LogP contribution in [0.5, 0.6) is 0 Å². The van der Waals surface area contributed by atoms with Crippen molar-refractivity contribution in [1.82, 2.24) is 0 Å². The minimum absolute atomic E-state index is 0.209. The van der Waals surface area contributed by atoms with Gasteiger partial charge in [0.1, 0.15) is 5.82 Å². The molecule has 1 aromatic carbocycles. The van der Waals surface area contributed by atoms with Gasteiger partial charge >= 0.3 is 8.26 Å². The van der Waals surface area contributed by atoms with E-state index in [0.717, 1.165) is 4.47 Å². The third kappa shape index (κ3) is 12.2. The molecule has 0 radical (unpaired) electrons. The molecule has 0 aromatic heterocycles. The molecule has 7 heteroatoms. The van der Waals surface area contributed by atoms with Crippen molar-refractivity contribution >= 4 is 45.6 Å². The van der Waals surface area contributed by atoms with Gasteiger partial charge in [-0.3, -0.25) is 0 Å². The van der Waals surface area contributed by atoms with E-state index >= 15 is 0 Å². The summed E-state index contributed by atoms with van der Waals surface area (Å²) in [5, 5.41) is 0. The van der Waals surface area contributed by atoms with Gasteiger partial charge in [-0.05, 0) is 18.2 Å². The summed E-state index contributed by atoms with van der Waals surface area (Å²) in [4.78, 5) is 0. The number of hydrogen-bond donors (Lipinski definition) is 0. The SMILES string of the molecule is Fc1cccc(Br)c1.O=S(=O)(Cl)Cl.